The van der Waals surface area contributed by atoms with Crippen molar-refractivity contribution in [2.45, 2.75) is 57.4 Å². The van der Waals surface area contributed by atoms with Gasteiger partial charge in [-0.25, -0.2) is 19.7 Å². The van der Waals surface area contributed by atoms with E-state index < -0.39 is 35.1 Å². The van der Waals surface area contributed by atoms with Gasteiger partial charge in [-0.2, -0.15) is 13.2 Å². The Labute approximate surface area is 228 Å². The number of carboxylic acid groups (broad SMARTS) is 1. The Hall–Kier alpha value is -4.33. The maximum absolute atomic E-state index is 13.6. The van der Waals surface area contributed by atoms with E-state index in [0.717, 1.165) is 18.3 Å². The highest BCUT2D eigenvalue weighted by Crippen LogP contribution is 2.39. The van der Waals surface area contributed by atoms with Crippen LogP contribution in [0.2, 0.25) is 0 Å². The van der Waals surface area contributed by atoms with E-state index in [9.17, 15) is 27.9 Å². The van der Waals surface area contributed by atoms with Crippen LogP contribution in [0.3, 0.4) is 0 Å². The smallest absolute Gasteiger partial charge is 0.418 e. The number of anilines is 2. The number of nitrogen functional groups attached to an aromatic ring is 1. The standard InChI is InChI=1S/C26H29F3N8O3/c1-25(2,3)37-11-8-14(34-24(39)40)12-18(37)15-6-4-10-32-22(15)36-23(38)20-21(30)33-13-17(35-20)19-16(26(27,28)29)7-5-9-31-19/h4-7,9-10,13-14,18,34H,8,11-12H2,1-3H3,(H2,30,33)(H,39,40)(H,32,36,38). The van der Waals surface area contributed by atoms with Crippen LogP contribution in [0, 0.1) is 0 Å². The normalized spacial score (nSPS) is 18.2. The lowest BCUT2D eigenvalue weighted by molar-refractivity contribution is -0.137. The minimum absolute atomic E-state index is 0.183. The fraction of sp³-hybridized carbons (Fsp3) is 0.385. The Bertz CT molecular complexity index is 1410. The molecule has 2 unspecified atom stereocenters. The highest BCUT2D eigenvalue weighted by atomic mass is 19.4. The first kappa shape index (κ1) is 28.7. The first-order chi connectivity index (χ1) is 18.8. The quantitative estimate of drug-likeness (QED) is 0.357. The summed E-state index contributed by atoms with van der Waals surface area (Å²) in [6.45, 7) is 6.70. The van der Waals surface area contributed by atoms with Crippen LogP contribution in [0.4, 0.5) is 29.6 Å². The number of aromatic nitrogens is 4. The molecule has 1 fully saturated rings. The third kappa shape index (κ3) is 6.28. The van der Waals surface area contributed by atoms with Crippen LogP contribution < -0.4 is 16.4 Å². The molecule has 0 aliphatic carbocycles. The molecule has 4 rings (SSSR count). The summed E-state index contributed by atoms with van der Waals surface area (Å²) in [7, 11) is 0. The van der Waals surface area contributed by atoms with E-state index in [-0.39, 0.29) is 35.0 Å². The molecule has 0 bridgehead atoms. The predicted octanol–water partition coefficient (Wildman–Crippen LogP) is 4.36. The van der Waals surface area contributed by atoms with Crippen LogP contribution >= 0.6 is 0 Å². The molecule has 5 N–H and O–H groups in total. The van der Waals surface area contributed by atoms with Crippen LogP contribution in [-0.4, -0.2) is 60.1 Å². The van der Waals surface area contributed by atoms with Gasteiger partial charge in [0.1, 0.15) is 17.2 Å². The van der Waals surface area contributed by atoms with Crippen LogP contribution in [0.25, 0.3) is 11.4 Å². The molecule has 0 radical (unpaired) electrons. The molecule has 2 atom stereocenters. The first-order valence-corrected chi connectivity index (χ1v) is 12.4. The average Bonchev–Trinajstić information content (AvgIpc) is 2.87. The lowest BCUT2D eigenvalue weighted by Crippen LogP contribution is -2.52. The second-order valence-electron chi connectivity index (χ2n) is 10.3. The molecular weight excluding hydrogens is 529 g/mol. The molecule has 3 aromatic heterocycles. The third-order valence-electron chi connectivity index (χ3n) is 6.59. The number of nitrogens with one attached hydrogen (secondary N) is 2. The largest absolute Gasteiger partial charge is 0.465 e. The number of nitrogens with zero attached hydrogens (tertiary/aromatic N) is 5. The van der Waals surface area contributed by atoms with Crippen LogP contribution in [-0.2, 0) is 6.18 Å². The number of rotatable bonds is 5. The molecule has 0 spiro atoms. The second kappa shape index (κ2) is 11.0. The Balaban J connectivity index is 1.68. The van der Waals surface area contributed by atoms with Gasteiger partial charge in [0, 0.05) is 42.1 Å². The summed E-state index contributed by atoms with van der Waals surface area (Å²) in [5.41, 5.74) is 4.05. The fourth-order valence-electron chi connectivity index (χ4n) is 4.84. The number of carbonyl (C=O) groups is 2. The molecule has 212 valence electrons. The summed E-state index contributed by atoms with van der Waals surface area (Å²) in [4.78, 5) is 43.0. The molecule has 4 heterocycles. The number of carbonyl (C=O) groups excluding carboxylic acids is 1. The minimum Gasteiger partial charge on any atom is -0.465 e. The van der Waals surface area contributed by atoms with E-state index in [1.165, 1.54) is 12.4 Å². The summed E-state index contributed by atoms with van der Waals surface area (Å²) in [6, 6.07) is 4.86. The third-order valence-corrected chi connectivity index (χ3v) is 6.59. The number of hydrogen-bond donors (Lipinski definition) is 4. The van der Waals surface area contributed by atoms with Gasteiger partial charge in [0.15, 0.2) is 11.5 Å². The lowest BCUT2D eigenvalue weighted by Gasteiger charge is -2.47. The highest BCUT2D eigenvalue weighted by Gasteiger charge is 2.38. The van der Waals surface area contributed by atoms with Crippen molar-refractivity contribution in [3.8, 4) is 11.4 Å². The van der Waals surface area contributed by atoms with Crippen molar-refractivity contribution < 1.29 is 27.9 Å². The fourth-order valence-corrected chi connectivity index (χ4v) is 4.84. The summed E-state index contributed by atoms with van der Waals surface area (Å²) in [5.74, 6) is -0.930. The summed E-state index contributed by atoms with van der Waals surface area (Å²) in [5, 5.41) is 14.5. The van der Waals surface area contributed by atoms with Crippen LogP contribution in [0.1, 0.15) is 61.3 Å². The molecule has 1 saturated heterocycles. The van der Waals surface area contributed by atoms with Crippen LogP contribution in [0.15, 0.2) is 42.9 Å². The monoisotopic (exact) mass is 558 g/mol. The second-order valence-corrected chi connectivity index (χ2v) is 10.3. The van der Waals surface area contributed by atoms with E-state index in [4.69, 9.17) is 5.73 Å². The van der Waals surface area contributed by atoms with Crippen molar-refractivity contribution in [2.24, 2.45) is 0 Å². The summed E-state index contributed by atoms with van der Waals surface area (Å²) < 4.78 is 40.7. The molecule has 1 aliphatic rings. The molecule has 1 aliphatic heterocycles. The van der Waals surface area contributed by atoms with Crippen molar-refractivity contribution in [1.82, 2.24) is 30.2 Å². The zero-order chi connectivity index (χ0) is 29.2. The van der Waals surface area contributed by atoms with Crippen molar-refractivity contribution in [2.75, 3.05) is 17.6 Å². The number of halogens is 3. The van der Waals surface area contributed by atoms with Gasteiger partial charge >= 0.3 is 12.3 Å². The topological polar surface area (TPSA) is 159 Å². The number of amides is 2. The van der Waals surface area contributed by atoms with Gasteiger partial charge in [-0.05, 0) is 51.8 Å². The summed E-state index contributed by atoms with van der Waals surface area (Å²) in [6.07, 6.45) is -1.11. The lowest BCUT2D eigenvalue weighted by atomic mass is 9.87. The number of pyridine rings is 2. The van der Waals surface area contributed by atoms with Gasteiger partial charge in [0.25, 0.3) is 5.91 Å². The minimum atomic E-state index is -4.70. The van der Waals surface area contributed by atoms with E-state index in [1.54, 1.807) is 12.1 Å². The Morgan fingerprint density at radius 3 is 2.48 bits per heavy atom. The molecule has 3 aromatic rings. The SMILES string of the molecule is CC(C)(C)N1CCC(NC(=O)O)CC1c1cccnc1NC(=O)c1nc(-c2ncccc2C(F)(F)F)cnc1N. The number of hydrogen-bond acceptors (Lipinski definition) is 8. The van der Waals surface area contributed by atoms with E-state index in [1.807, 2.05) is 20.8 Å². The zero-order valence-corrected chi connectivity index (χ0v) is 22.0. The van der Waals surface area contributed by atoms with Gasteiger partial charge in [-0.1, -0.05) is 6.07 Å². The van der Waals surface area contributed by atoms with Gasteiger partial charge in [0.05, 0.1) is 11.8 Å². The van der Waals surface area contributed by atoms with Crippen molar-refractivity contribution in [3.05, 3.63) is 59.7 Å². The van der Waals surface area contributed by atoms with Crippen molar-refractivity contribution >= 4 is 23.6 Å². The summed E-state index contributed by atoms with van der Waals surface area (Å²) >= 11 is 0. The van der Waals surface area contributed by atoms with Crippen LogP contribution in [0.5, 0.6) is 0 Å². The van der Waals surface area contributed by atoms with E-state index in [2.05, 4.69) is 35.5 Å². The number of piperidine rings is 1. The van der Waals surface area contributed by atoms with Gasteiger partial charge in [-0.3, -0.25) is 14.7 Å². The zero-order valence-electron chi connectivity index (χ0n) is 22.0. The molecule has 0 saturated carbocycles. The number of nitrogens with two attached hydrogens (primary N) is 1. The number of likely N-dealkylation sites (tertiary alicyclic amines) is 1. The maximum Gasteiger partial charge on any atom is 0.418 e. The Kier molecular flexibility index (Phi) is 7.91. The predicted molar refractivity (Wildman–Crippen MR) is 140 cm³/mol. The molecule has 11 nitrogen and oxygen atoms in total. The maximum atomic E-state index is 13.6. The molecule has 0 aromatic carbocycles. The highest BCUT2D eigenvalue weighted by molar-refractivity contribution is 6.05. The van der Waals surface area contributed by atoms with Crippen molar-refractivity contribution in [3.63, 3.8) is 0 Å². The van der Waals surface area contributed by atoms with Crippen molar-refractivity contribution in [1.29, 1.82) is 0 Å². The van der Waals surface area contributed by atoms with Gasteiger partial charge < -0.3 is 21.5 Å². The molecular formula is C26H29F3N8O3. The molecule has 14 heteroatoms. The van der Waals surface area contributed by atoms with Gasteiger partial charge in [0.2, 0.25) is 0 Å². The number of alkyl halides is 3. The first-order valence-electron chi connectivity index (χ1n) is 12.4. The van der Waals surface area contributed by atoms with Gasteiger partial charge in [-0.15, -0.1) is 0 Å². The van der Waals surface area contributed by atoms with E-state index in [0.29, 0.717) is 24.9 Å². The Morgan fingerprint density at radius 1 is 1.10 bits per heavy atom. The average molecular weight is 559 g/mol. The Morgan fingerprint density at radius 2 is 1.80 bits per heavy atom. The van der Waals surface area contributed by atoms with E-state index >= 15 is 0 Å². The molecule has 2 amide bonds. The molecule has 40 heavy (non-hydrogen) atoms.